The molecule has 1 amide bonds. The van der Waals surface area contributed by atoms with Crippen molar-refractivity contribution in [3.63, 3.8) is 0 Å². The Balaban J connectivity index is 2.09. The molecule has 1 aromatic heterocycles. The lowest BCUT2D eigenvalue weighted by Crippen LogP contribution is -2.31. The van der Waals surface area contributed by atoms with E-state index in [4.69, 9.17) is 9.94 Å². The minimum Gasteiger partial charge on any atom is -0.497 e. The minimum atomic E-state index is -3.85. The zero-order valence-corrected chi connectivity index (χ0v) is 19.1. The van der Waals surface area contributed by atoms with Gasteiger partial charge in [-0.25, -0.2) is 13.9 Å². The van der Waals surface area contributed by atoms with Crippen molar-refractivity contribution in [2.24, 2.45) is 0 Å². The highest BCUT2D eigenvalue weighted by Crippen LogP contribution is 2.30. The number of anilines is 1. The third kappa shape index (κ3) is 5.57. The first kappa shape index (κ1) is 24.0. The van der Waals surface area contributed by atoms with Gasteiger partial charge in [0, 0.05) is 30.6 Å². The highest BCUT2D eigenvalue weighted by atomic mass is 32.2. The number of hydrogen-bond donors (Lipinski definition) is 2. The molecule has 33 heavy (non-hydrogen) atoms. The Bertz CT molecular complexity index is 1230. The number of carbonyl (C=O) groups excluding carboxylic acids is 1. The molecule has 0 spiro atoms. The van der Waals surface area contributed by atoms with Crippen LogP contribution in [0.3, 0.4) is 0 Å². The van der Waals surface area contributed by atoms with Gasteiger partial charge in [-0.05, 0) is 60.0 Å². The molecule has 3 aromatic rings. The number of ether oxygens (including phenoxy) is 1. The Morgan fingerprint density at radius 1 is 1.12 bits per heavy atom. The Morgan fingerprint density at radius 2 is 1.85 bits per heavy atom. The van der Waals surface area contributed by atoms with Crippen LogP contribution in [-0.4, -0.2) is 38.2 Å². The largest absolute Gasteiger partial charge is 0.497 e. The Kier molecular flexibility index (Phi) is 7.81. The van der Waals surface area contributed by atoms with Crippen LogP contribution in [0.15, 0.2) is 84.0 Å². The second-order valence-corrected chi connectivity index (χ2v) is 8.94. The van der Waals surface area contributed by atoms with Gasteiger partial charge in [0.15, 0.2) is 0 Å². The highest BCUT2D eigenvalue weighted by molar-refractivity contribution is 7.92. The molecular formula is C24H25N3O5S. The van der Waals surface area contributed by atoms with E-state index in [9.17, 15) is 13.2 Å². The number of nitrogens with one attached hydrogen (secondary N) is 1. The summed E-state index contributed by atoms with van der Waals surface area (Å²) in [6.45, 7) is 2.16. The van der Waals surface area contributed by atoms with Gasteiger partial charge < -0.3 is 4.74 Å². The van der Waals surface area contributed by atoms with Gasteiger partial charge in [0.2, 0.25) is 0 Å². The van der Waals surface area contributed by atoms with Gasteiger partial charge in [0.25, 0.3) is 15.9 Å². The number of carbonyl (C=O) groups is 1. The van der Waals surface area contributed by atoms with E-state index in [0.29, 0.717) is 34.6 Å². The van der Waals surface area contributed by atoms with Crippen molar-refractivity contribution in [2.75, 3.05) is 18.0 Å². The molecule has 0 unspecified atom stereocenters. The maximum atomic E-state index is 13.5. The lowest BCUT2D eigenvalue weighted by atomic mass is 9.98. The number of aromatic nitrogens is 1. The van der Waals surface area contributed by atoms with Crippen LogP contribution in [0.5, 0.6) is 5.75 Å². The number of benzene rings is 2. The summed E-state index contributed by atoms with van der Waals surface area (Å²) < 4.78 is 33.4. The average molecular weight is 468 g/mol. The molecule has 0 saturated carbocycles. The molecule has 0 radical (unpaired) electrons. The molecule has 172 valence electrons. The number of sulfonamides is 1. The van der Waals surface area contributed by atoms with Crippen LogP contribution in [0.4, 0.5) is 5.69 Å². The number of amides is 1. The highest BCUT2D eigenvalue weighted by Gasteiger charge is 2.25. The molecule has 0 saturated heterocycles. The summed E-state index contributed by atoms with van der Waals surface area (Å²) in [6, 6.07) is 16.6. The summed E-state index contributed by atoms with van der Waals surface area (Å²) in [5, 5.41) is 9.00. The number of hydroxylamine groups is 1. The first-order chi connectivity index (χ1) is 15.9. The number of methoxy groups -OCH3 is 1. The molecule has 0 fully saturated rings. The van der Waals surface area contributed by atoms with E-state index in [0.717, 1.165) is 0 Å². The second kappa shape index (κ2) is 10.8. The van der Waals surface area contributed by atoms with Crippen molar-refractivity contribution in [3.05, 3.63) is 90.3 Å². The van der Waals surface area contributed by atoms with Gasteiger partial charge >= 0.3 is 0 Å². The van der Waals surface area contributed by atoms with Crippen LogP contribution < -0.4 is 14.5 Å². The van der Waals surface area contributed by atoms with Crippen LogP contribution >= 0.6 is 0 Å². The lowest BCUT2D eigenvalue weighted by Gasteiger charge is -2.25. The second-order valence-electron chi connectivity index (χ2n) is 7.08. The predicted octanol–water partition coefficient (Wildman–Crippen LogP) is 3.63. The molecule has 1 heterocycles. The van der Waals surface area contributed by atoms with E-state index in [1.54, 1.807) is 66.4 Å². The third-order valence-corrected chi connectivity index (χ3v) is 6.72. The summed E-state index contributed by atoms with van der Waals surface area (Å²) in [5.74, 6) is -0.151. The van der Waals surface area contributed by atoms with Crippen molar-refractivity contribution < 1.29 is 23.2 Å². The molecular weight excluding hydrogens is 442 g/mol. The molecule has 9 heteroatoms. The van der Waals surface area contributed by atoms with Crippen LogP contribution in [0, 0.1) is 0 Å². The summed E-state index contributed by atoms with van der Waals surface area (Å²) in [7, 11) is -2.33. The van der Waals surface area contributed by atoms with Crippen molar-refractivity contribution >= 4 is 27.2 Å². The Labute approximate surface area is 193 Å². The number of nitrogens with zero attached hydrogens (tertiary/aromatic N) is 2. The zero-order chi connectivity index (χ0) is 23.8. The fraction of sp³-hybridized carbons (Fsp3) is 0.167. The summed E-state index contributed by atoms with van der Waals surface area (Å²) in [6.07, 6.45) is 5.02. The smallest absolute Gasteiger partial charge is 0.267 e. The summed E-state index contributed by atoms with van der Waals surface area (Å²) in [5.41, 5.74) is 3.76. The van der Waals surface area contributed by atoms with E-state index < -0.39 is 15.9 Å². The molecule has 0 aliphatic heterocycles. The monoisotopic (exact) mass is 467 g/mol. The molecule has 0 bridgehead atoms. The van der Waals surface area contributed by atoms with Crippen molar-refractivity contribution in [3.8, 4) is 5.75 Å². The molecule has 3 rings (SSSR count). The lowest BCUT2D eigenvalue weighted by molar-refractivity contribution is -0.124. The quantitative estimate of drug-likeness (QED) is 0.283. The van der Waals surface area contributed by atoms with Gasteiger partial charge in [0.05, 0.1) is 17.7 Å². The van der Waals surface area contributed by atoms with Gasteiger partial charge in [0.1, 0.15) is 5.75 Å². The topological polar surface area (TPSA) is 109 Å². The third-order valence-electron chi connectivity index (χ3n) is 4.88. The first-order valence-corrected chi connectivity index (χ1v) is 11.7. The Morgan fingerprint density at radius 3 is 2.45 bits per heavy atom. The van der Waals surface area contributed by atoms with Crippen molar-refractivity contribution in [1.82, 2.24) is 10.5 Å². The Hall–Kier alpha value is -3.69. The van der Waals surface area contributed by atoms with Crippen LogP contribution in [0.25, 0.3) is 5.57 Å². The van der Waals surface area contributed by atoms with E-state index in [1.165, 1.54) is 29.6 Å². The van der Waals surface area contributed by atoms with Gasteiger partial charge in [-0.3, -0.25) is 19.3 Å². The van der Waals surface area contributed by atoms with Gasteiger partial charge in [-0.2, -0.15) is 0 Å². The van der Waals surface area contributed by atoms with E-state index in [1.807, 2.05) is 6.92 Å². The normalized spacial score (nSPS) is 11.7. The summed E-state index contributed by atoms with van der Waals surface area (Å²) in [4.78, 5) is 16.1. The molecule has 2 aromatic carbocycles. The molecule has 2 N–H and O–H groups in total. The van der Waals surface area contributed by atoms with Gasteiger partial charge in [-0.1, -0.05) is 25.1 Å². The maximum Gasteiger partial charge on any atom is 0.267 e. The minimum absolute atomic E-state index is 0.143. The molecule has 0 aliphatic rings. The average Bonchev–Trinajstić information content (AvgIpc) is 2.86. The van der Waals surface area contributed by atoms with Crippen LogP contribution in [-0.2, 0) is 14.8 Å². The number of pyridine rings is 1. The molecule has 0 aliphatic carbocycles. The van der Waals surface area contributed by atoms with Crippen LogP contribution in [0.2, 0.25) is 0 Å². The van der Waals surface area contributed by atoms with Crippen molar-refractivity contribution in [2.45, 2.75) is 18.2 Å². The molecule has 0 atom stereocenters. The summed E-state index contributed by atoms with van der Waals surface area (Å²) >= 11 is 0. The standard InChI is InChI=1S/C24H25N3O5S/c1-3-14-27(33(30,31)22-11-9-21(32-2)10-12-22)20-8-4-6-18(15-20)23(16-24(28)26-29)19-7-5-13-25-17-19/h4-13,15-17,29H,3,14H2,1-2H3,(H,26,28)/b23-16+. The first-order valence-electron chi connectivity index (χ1n) is 10.2. The SMILES string of the molecule is CCCN(c1cccc(/C(=C\C(=O)NO)c2cccnc2)c1)S(=O)(=O)c1ccc(OC)cc1. The van der Waals surface area contributed by atoms with Gasteiger partial charge in [-0.15, -0.1) is 0 Å². The molecule has 8 nitrogen and oxygen atoms in total. The van der Waals surface area contributed by atoms with Crippen LogP contribution in [0.1, 0.15) is 24.5 Å². The number of rotatable bonds is 9. The van der Waals surface area contributed by atoms with Crippen molar-refractivity contribution in [1.29, 1.82) is 0 Å². The van der Waals surface area contributed by atoms with E-state index in [-0.39, 0.29) is 11.4 Å². The van der Waals surface area contributed by atoms with E-state index in [2.05, 4.69) is 4.98 Å². The predicted molar refractivity (Wildman–Crippen MR) is 126 cm³/mol. The fourth-order valence-electron chi connectivity index (χ4n) is 3.31. The van der Waals surface area contributed by atoms with E-state index >= 15 is 0 Å². The zero-order valence-electron chi connectivity index (χ0n) is 18.3. The maximum absolute atomic E-state index is 13.5. The number of hydrogen-bond acceptors (Lipinski definition) is 6. The fourth-order valence-corrected chi connectivity index (χ4v) is 4.86.